The first kappa shape index (κ1) is 15.9. The zero-order chi connectivity index (χ0) is 15.4. The summed E-state index contributed by atoms with van der Waals surface area (Å²) in [5, 5.41) is 0. The van der Waals surface area contributed by atoms with E-state index in [2.05, 4.69) is 26.8 Å². The Bertz CT molecular complexity index is 484. The summed E-state index contributed by atoms with van der Waals surface area (Å²) >= 11 is 0. The Hall–Kier alpha value is -1.51. The average molecular weight is 289 g/mol. The van der Waals surface area contributed by atoms with E-state index >= 15 is 0 Å². The lowest BCUT2D eigenvalue weighted by Gasteiger charge is -2.25. The zero-order valence-corrected chi connectivity index (χ0v) is 13.6. The third-order valence-electron chi connectivity index (χ3n) is 4.19. The number of ether oxygens (including phenoxy) is 1. The van der Waals surface area contributed by atoms with Gasteiger partial charge >= 0.3 is 0 Å². The van der Waals surface area contributed by atoms with E-state index in [0.29, 0.717) is 18.3 Å². The molecular weight excluding hydrogens is 262 g/mol. The van der Waals surface area contributed by atoms with Crippen LogP contribution >= 0.6 is 0 Å². The summed E-state index contributed by atoms with van der Waals surface area (Å²) in [7, 11) is 0. The smallest absolute Gasteiger partial charge is 0.263 e. The Morgan fingerprint density at radius 2 is 2.10 bits per heavy atom. The van der Waals surface area contributed by atoms with Crippen molar-refractivity contribution < 1.29 is 9.53 Å². The molecule has 1 amide bonds. The van der Waals surface area contributed by atoms with Crippen LogP contribution in [0.15, 0.2) is 24.3 Å². The van der Waals surface area contributed by atoms with Crippen molar-refractivity contribution in [2.24, 2.45) is 5.92 Å². The van der Waals surface area contributed by atoms with Crippen molar-refractivity contribution in [1.82, 2.24) is 4.90 Å². The second-order valence-electron chi connectivity index (χ2n) is 6.39. The average Bonchev–Trinajstić information content (AvgIpc) is 2.91. The number of carbonyl (C=O) groups is 1. The Kier molecular flexibility index (Phi) is 5.27. The number of hydrogen-bond acceptors (Lipinski definition) is 2. The fourth-order valence-electron chi connectivity index (χ4n) is 2.87. The molecular formula is C18H27NO2. The molecule has 0 bridgehead atoms. The number of benzene rings is 1. The maximum absolute atomic E-state index is 12.6. The minimum Gasteiger partial charge on any atom is -0.480 e. The predicted molar refractivity (Wildman–Crippen MR) is 85.6 cm³/mol. The fraction of sp³-hybridized carbons (Fsp3) is 0.611. The van der Waals surface area contributed by atoms with Crippen LogP contribution in [0, 0.1) is 5.92 Å². The van der Waals surface area contributed by atoms with Gasteiger partial charge < -0.3 is 9.64 Å². The molecule has 21 heavy (non-hydrogen) atoms. The molecule has 2 atom stereocenters. The number of hydrogen-bond donors (Lipinski definition) is 0. The third-order valence-corrected chi connectivity index (χ3v) is 4.19. The fourth-order valence-corrected chi connectivity index (χ4v) is 2.87. The van der Waals surface area contributed by atoms with E-state index in [9.17, 15) is 4.79 Å². The van der Waals surface area contributed by atoms with Gasteiger partial charge in [-0.25, -0.2) is 0 Å². The van der Waals surface area contributed by atoms with Crippen LogP contribution in [0.5, 0.6) is 5.75 Å². The van der Waals surface area contributed by atoms with Gasteiger partial charge in [-0.1, -0.05) is 45.9 Å². The Labute approximate surface area is 128 Å². The number of amides is 1. The highest BCUT2D eigenvalue weighted by atomic mass is 16.5. The van der Waals surface area contributed by atoms with Crippen LogP contribution in [0.3, 0.4) is 0 Å². The molecule has 0 aliphatic carbocycles. The predicted octanol–water partition coefficient (Wildman–Crippen LogP) is 3.84. The summed E-state index contributed by atoms with van der Waals surface area (Å²) in [4.78, 5) is 14.6. The molecule has 1 aliphatic rings. The van der Waals surface area contributed by atoms with Crippen molar-refractivity contribution in [1.29, 1.82) is 0 Å². The van der Waals surface area contributed by atoms with Gasteiger partial charge in [-0.2, -0.15) is 0 Å². The van der Waals surface area contributed by atoms with Gasteiger partial charge in [-0.15, -0.1) is 0 Å². The van der Waals surface area contributed by atoms with E-state index in [1.807, 2.05) is 30.0 Å². The summed E-state index contributed by atoms with van der Waals surface area (Å²) in [6.07, 6.45) is 1.44. The van der Waals surface area contributed by atoms with Crippen LogP contribution in [-0.4, -0.2) is 30.0 Å². The van der Waals surface area contributed by atoms with E-state index < -0.39 is 0 Å². The molecule has 1 aromatic rings. The lowest BCUT2D eigenvalue weighted by atomic mass is 10.0. The van der Waals surface area contributed by atoms with Gasteiger partial charge in [0.1, 0.15) is 5.75 Å². The molecule has 0 N–H and O–H groups in total. The van der Waals surface area contributed by atoms with Gasteiger partial charge in [0, 0.05) is 13.1 Å². The molecule has 3 nitrogen and oxygen atoms in total. The Morgan fingerprint density at radius 1 is 1.38 bits per heavy atom. The molecule has 1 aromatic carbocycles. The molecule has 0 aromatic heterocycles. The molecule has 116 valence electrons. The normalized spacial score (nSPS) is 19.9. The first-order chi connectivity index (χ1) is 10.0. The summed E-state index contributed by atoms with van der Waals surface area (Å²) in [5.41, 5.74) is 1.17. The summed E-state index contributed by atoms with van der Waals surface area (Å²) in [6, 6.07) is 8.04. The van der Waals surface area contributed by atoms with Crippen molar-refractivity contribution in [3.05, 3.63) is 29.8 Å². The number of para-hydroxylation sites is 1. The number of rotatable bonds is 5. The number of likely N-dealkylation sites (tertiary alicyclic amines) is 1. The SMILES string of the molecule is CCC(Oc1ccccc1C(C)C)C(=O)N1CCC(C)C1. The molecule has 1 fully saturated rings. The second kappa shape index (κ2) is 6.97. The number of carbonyl (C=O) groups excluding carboxylic acids is 1. The molecule has 0 saturated carbocycles. The lowest BCUT2D eigenvalue weighted by Crippen LogP contribution is -2.40. The molecule has 2 unspecified atom stereocenters. The van der Waals surface area contributed by atoms with Gasteiger partial charge in [-0.05, 0) is 36.3 Å². The van der Waals surface area contributed by atoms with Gasteiger partial charge in [0.25, 0.3) is 5.91 Å². The number of nitrogens with zero attached hydrogens (tertiary/aromatic N) is 1. The maximum atomic E-state index is 12.6. The minimum atomic E-state index is -0.366. The standard InChI is InChI=1S/C18H27NO2/c1-5-16(18(20)19-11-10-14(4)12-19)21-17-9-7-6-8-15(17)13(2)3/h6-9,13-14,16H,5,10-12H2,1-4H3. The van der Waals surface area contributed by atoms with E-state index in [-0.39, 0.29) is 12.0 Å². The van der Waals surface area contributed by atoms with Crippen LogP contribution in [0.2, 0.25) is 0 Å². The summed E-state index contributed by atoms with van der Waals surface area (Å²) in [5.74, 6) is 1.98. The van der Waals surface area contributed by atoms with Crippen LogP contribution in [0.25, 0.3) is 0 Å². The highest BCUT2D eigenvalue weighted by Crippen LogP contribution is 2.28. The molecule has 0 spiro atoms. The highest BCUT2D eigenvalue weighted by molar-refractivity contribution is 5.81. The van der Waals surface area contributed by atoms with E-state index in [0.717, 1.165) is 25.3 Å². The summed E-state index contributed by atoms with van der Waals surface area (Å²) in [6.45, 7) is 10.2. The Balaban J connectivity index is 2.10. The van der Waals surface area contributed by atoms with Crippen LogP contribution < -0.4 is 4.74 Å². The zero-order valence-electron chi connectivity index (χ0n) is 13.6. The second-order valence-corrected chi connectivity index (χ2v) is 6.39. The largest absolute Gasteiger partial charge is 0.480 e. The lowest BCUT2D eigenvalue weighted by molar-refractivity contribution is -0.137. The van der Waals surface area contributed by atoms with Gasteiger partial charge in [0.2, 0.25) is 0 Å². The molecule has 1 saturated heterocycles. The van der Waals surface area contributed by atoms with Crippen molar-refractivity contribution >= 4 is 5.91 Å². The first-order valence-corrected chi connectivity index (χ1v) is 8.07. The van der Waals surface area contributed by atoms with Crippen molar-refractivity contribution in [3.63, 3.8) is 0 Å². The molecule has 2 rings (SSSR count). The third kappa shape index (κ3) is 3.78. The topological polar surface area (TPSA) is 29.5 Å². The van der Waals surface area contributed by atoms with Crippen LogP contribution in [0.4, 0.5) is 0 Å². The van der Waals surface area contributed by atoms with Crippen molar-refractivity contribution in [3.8, 4) is 5.75 Å². The maximum Gasteiger partial charge on any atom is 0.263 e. The van der Waals surface area contributed by atoms with Gasteiger partial charge in [-0.3, -0.25) is 4.79 Å². The van der Waals surface area contributed by atoms with E-state index in [1.165, 1.54) is 5.56 Å². The van der Waals surface area contributed by atoms with Crippen LogP contribution in [0.1, 0.15) is 52.0 Å². The van der Waals surface area contributed by atoms with Gasteiger partial charge in [0.05, 0.1) is 0 Å². The monoisotopic (exact) mass is 289 g/mol. The quantitative estimate of drug-likeness (QED) is 0.824. The van der Waals surface area contributed by atoms with Gasteiger partial charge in [0.15, 0.2) is 6.10 Å². The van der Waals surface area contributed by atoms with Crippen molar-refractivity contribution in [2.45, 2.75) is 52.6 Å². The first-order valence-electron chi connectivity index (χ1n) is 8.07. The molecule has 1 heterocycles. The highest BCUT2D eigenvalue weighted by Gasteiger charge is 2.29. The van der Waals surface area contributed by atoms with Crippen molar-refractivity contribution in [2.75, 3.05) is 13.1 Å². The van der Waals surface area contributed by atoms with Crippen LogP contribution in [-0.2, 0) is 4.79 Å². The van der Waals surface area contributed by atoms with E-state index in [1.54, 1.807) is 0 Å². The molecule has 0 radical (unpaired) electrons. The molecule has 3 heteroatoms. The minimum absolute atomic E-state index is 0.139. The summed E-state index contributed by atoms with van der Waals surface area (Å²) < 4.78 is 6.07. The molecule has 1 aliphatic heterocycles. The van der Waals surface area contributed by atoms with E-state index in [4.69, 9.17) is 4.74 Å². The Morgan fingerprint density at radius 3 is 2.67 bits per heavy atom.